The van der Waals surface area contributed by atoms with Crippen molar-refractivity contribution in [1.82, 2.24) is 25.8 Å². The molecule has 0 aromatic carbocycles. The molecule has 0 aliphatic carbocycles. The van der Waals surface area contributed by atoms with Crippen LogP contribution in [0.15, 0.2) is 0 Å². The van der Waals surface area contributed by atoms with E-state index >= 15 is 0 Å². The minimum absolute atomic E-state index is 0.154. The Morgan fingerprint density at radius 2 is 1.41 bits per heavy atom. The second kappa shape index (κ2) is 16.9. The number of nitrogens with two attached hydrogens (primary N) is 2. The van der Waals surface area contributed by atoms with E-state index in [-0.39, 0.29) is 25.4 Å². The molecule has 6 atom stereocenters. The third-order valence-corrected chi connectivity index (χ3v) is 7.88. The van der Waals surface area contributed by atoms with E-state index < -0.39 is 84.1 Å². The van der Waals surface area contributed by atoms with Gasteiger partial charge in [0.1, 0.15) is 30.2 Å². The number of aliphatic carboxylic acids is 2. The predicted molar refractivity (Wildman–Crippen MR) is 157 cm³/mol. The summed E-state index contributed by atoms with van der Waals surface area (Å²) < 4.78 is 0. The molecule has 2 rings (SSSR count). The Kier molecular flexibility index (Phi) is 14.0. The first-order valence-corrected chi connectivity index (χ1v) is 15.1. The molecule has 9 N–H and O–H groups in total. The molecule has 5 amide bonds. The van der Waals surface area contributed by atoms with E-state index in [0.29, 0.717) is 45.1 Å². The van der Waals surface area contributed by atoms with Crippen LogP contribution >= 0.6 is 0 Å². The average molecular weight is 626 g/mol. The smallest absolute Gasteiger partial charge is 0.326 e. The molecule has 0 spiro atoms. The topological polar surface area (TPSA) is 255 Å². The molecule has 248 valence electrons. The number of unbranched alkanes of at least 4 members (excludes halogenated alkanes) is 1. The van der Waals surface area contributed by atoms with E-state index in [9.17, 15) is 43.8 Å². The summed E-state index contributed by atoms with van der Waals surface area (Å²) >= 11 is 0. The van der Waals surface area contributed by atoms with Gasteiger partial charge < -0.3 is 47.4 Å². The maximum absolute atomic E-state index is 13.8. The molecular weight excluding hydrogens is 578 g/mol. The number of likely N-dealkylation sites (tertiary alicyclic amines) is 2. The number of hydrogen-bond acceptors (Lipinski definition) is 9. The number of carboxylic acid groups (broad SMARTS) is 2. The van der Waals surface area contributed by atoms with Crippen molar-refractivity contribution in [3.05, 3.63) is 0 Å². The van der Waals surface area contributed by atoms with Crippen LogP contribution in [-0.2, 0) is 33.6 Å². The molecule has 2 heterocycles. The third kappa shape index (κ3) is 9.87. The van der Waals surface area contributed by atoms with Crippen LogP contribution in [0, 0.1) is 5.92 Å². The number of nitrogens with zero attached hydrogens (tertiary/aromatic N) is 2. The summed E-state index contributed by atoms with van der Waals surface area (Å²) in [5, 5.41) is 26.2. The number of carboxylic acids is 2. The summed E-state index contributed by atoms with van der Waals surface area (Å²) in [4.78, 5) is 91.7. The van der Waals surface area contributed by atoms with Crippen molar-refractivity contribution >= 4 is 41.5 Å². The van der Waals surface area contributed by atoms with Crippen molar-refractivity contribution in [2.45, 2.75) is 108 Å². The molecule has 0 bridgehead atoms. The van der Waals surface area contributed by atoms with E-state index in [1.807, 2.05) is 0 Å². The normalized spacial score (nSPS) is 20.9. The van der Waals surface area contributed by atoms with Gasteiger partial charge in [0.25, 0.3) is 0 Å². The van der Waals surface area contributed by atoms with Gasteiger partial charge in [-0.1, -0.05) is 13.8 Å². The van der Waals surface area contributed by atoms with Crippen molar-refractivity contribution in [3.8, 4) is 0 Å². The van der Waals surface area contributed by atoms with Crippen LogP contribution in [0.25, 0.3) is 0 Å². The van der Waals surface area contributed by atoms with Crippen LogP contribution in [0.1, 0.15) is 72.1 Å². The van der Waals surface area contributed by atoms with E-state index in [4.69, 9.17) is 11.5 Å². The molecule has 16 heteroatoms. The lowest BCUT2D eigenvalue weighted by Crippen LogP contribution is -2.59. The van der Waals surface area contributed by atoms with Gasteiger partial charge >= 0.3 is 11.9 Å². The average Bonchev–Trinajstić information content (AvgIpc) is 3.64. The van der Waals surface area contributed by atoms with E-state index in [1.54, 1.807) is 13.8 Å². The number of carbonyl (C=O) groups excluding carboxylic acids is 5. The Morgan fingerprint density at radius 3 is 1.95 bits per heavy atom. The standard InChI is InChI=1S/C28H47N7O9/c1-15(2)22(28(43)44)33-25(40)19-9-6-12-34(19)27(42)20-10-7-13-35(20)26(41)17(8-4-5-11-29)31-24(39)18(14-21(36)37)32-23(38)16(3)30/h15-20,22H,4-14,29-30H2,1-3H3,(H,31,39)(H,32,38)(H,33,40)(H,36,37)(H,43,44)/t16-,17-,18-,19-,20-,22-/m0/s1. The molecule has 0 radical (unpaired) electrons. The molecule has 2 aliphatic heterocycles. The van der Waals surface area contributed by atoms with Crippen LogP contribution in [0.5, 0.6) is 0 Å². The van der Waals surface area contributed by atoms with Crippen LogP contribution in [0.4, 0.5) is 0 Å². The Bertz CT molecular complexity index is 1080. The quantitative estimate of drug-likeness (QED) is 0.0934. The summed E-state index contributed by atoms with van der Waals surface area (Å²) in [6, 6.07) is -6.54. The maximum Gasteiger partial charge on any atom is 0.326 e. The highest BCUT2D eigenvalue weighted by Crippen LogP contribution is 2.26. The number of hydrogen-bond donors (Lipinski definition) is 7. The lowest BCUT2D eigenvalue weighted by Gasteiger charge is -2.33. The maximum atomic E-state index is 13.8. The van der Waals surface area contributed by atoms with Crippen molar-refractivity contribution < 1.29 is 43.8 Å². The molecule has 2 fully saturated rings. The summed E-state index contributed by atoms with van der Waals surface area (Å²) in [6.45, 7) is 5.52. The molecule has 44 heavy (non-hydrogen) atoms. The zero-order chi connectivity index (χ0) is 33.1. The zero-order valence-corrected chi connectivity index (χ0v) is 25.6. The molecule has 2 aliphatic rings. The molecule has 0 saturated carbocycles. The second-order valence-electron chi connectivity index (χ2n) is 11.7. The fourth-order valence-electron chi connectivity index (χ4n) is 5.45. The summed E-state index contributed by atoms with van der Waals surface area (Å²) in [7, 11) is 0. The van der Waals surface area contributed by atoms with E-state index in [0.717, 1.165) is 0 Å². The first-order chi connectivity index (χ1) is 20.7. The third-order valence-electron chi connectivity index (χ3n) is 7.88. The number of carbonyl (C=O) groups is 7. The molecular formula is C28H47N7O9. The van der Waals surface area contributed by atoms with Gasteiger partial charge in [-0.3, -0.25) is 28.8 Å². The van der Waals surface area contributed by atoms with Gasteiger partial charge in [-0.05, 0) is 64.3 Å². The van der Waals surface area contributed by atoms with Gasteiger partial charge in [-0.15, -0.1) is 0 Å². The Hall–Kier alpha value is -3.79. The van der Waals surface area contributed by atoms with Crippen LogP contribution in [0.2, 0.25) is 0 Å². The second-order valence-corrected chi connectivity index (χ2v) is 11.7. The van der Waals surface area contributed by atoms with Crippen molar-refractivity contribution in [2.75, 3.05) is 19.6 Å². The fraction of sp³-hybridized carbons (Fsp3) is 0.750. The Morgan fingerprint density at radius 1 is 0.818 bits per heavy atom. The van der Waals surface area contributed by atoms with Gasteiger partial charge in [0.2, 0.25) is 29.5 Å². The molecule has 0 aromatic rings. The first-order valence-electron chi connectivity index (χ1n) is 15.1. The predicted octanol–water partition coefficient (Wildman–Crippen LogP) is -1.89. The summed E-state index contributed by atoms with van der Waals surface area (Å²) in [6.07, 6.45) is 2.10. The van der Waals surface area contributed by atoms with Crippen molar-refractivity contribution in [1.29, 1.82) is 0 Å². The molecule has 16 nitrogen and oxygen atoms in total. The highest BCUT2D eigenvalue weighted by Gasteiger charge is 2.44. The fourth-order valence-corrected chi connectivity index (χ4v) is 5.45. The molecule has 0 aromatic heterocycles. The van der Waals surface area contributed by atoms with E-state index in [2.05, 4.69) is 16.0 Å². The molecule has 0 unspecified atom stereocenters. The van der Waals surface area contributed by atoms with Gasteiger partial charge in [-0.25, -0.2) is 4.79 Å². The highest BCUT2D eigenvalue weighted by molar-refractivity contribution is 5.97. The van der Waals surface area contributed by atoms with Gasteiger partial charge in [0, 0.05) is 13.1 Å². The lowest BCUT2D eigenvalue weighted by molar-refractivity contribution is -0.149. The minimum Gasteiger partial charge on any atom is -0.481 e. The van der Waals surface area contributed by atoms with Crippen LogP contribution in [0.3, 0.4) is 0 Å². The minimum atomic E-state index is -1.49. The Labute approximate surface area is 256 Å². The number of nitrogens with one attached hydrogen (secondary N) is 3. The van der Waals surface area contributed by atoms with Crippen molar-refractivity contribution in [2.24, 2.45) is 17.4 Å². The van der Waals surface area contributed by atoms with Gasteiger partial charge in [0.05, 0.1) is 12.5 Å². The summed E-state index contributed by atoms with van der Waals surface area (Å²) in [5.41, 5.74) is 11.2. The van der Waals surface area contributed by atoms with Gasteiger partial charge in [0.15, 0.2) is 0 Å². The number of rotatable bonds is 16. The SMILES string of the molecule is CC(C)[C@H](NC(=O)[C@@H]1CCCN1C(=O)[C@@H]1CCCN1C(=O)[C@H](CCCCN)NC(=O)[C@H](CC(=O)O)NC(=O)[C@H](C)N)C(=O)O. The first kappa shape index (κ1) is 36.4. The summed E-state index contributed by atoms with van der Waals surface area (Å²) in [5.74, 6) is -6.09. The van der Waals surface area contributed by atoms with Gasteiger partial charge in [-0.2, -0.15) is 0 Å². The lowest BCUT2D eigenvalue weighted by atomic mass is 10.0. The zero-order valence-electron chi connectivity index (χ0n) is 25.6. The number of amides is 5. The van der Waals surface area contributed by atoms with Crippen molar-refractivity contribution in [3.63, 3.8) is 0 Å². The van der Waals surface area contributed by atoms with Crippen LogP contribution < -0.4 is 27.4 Å². The van der Waals surface area contributed by atoms with Crippen LogP contribution in [-0.4, -0.2) is 117 Å². The molecule has 2 saturated heterocycles. The van der Waals surface area contributed by atoms with E-state index in [1.165, 1.54) is 16.7 Å². The highest BCUT2D eigenvalue weighted by atomic mass is 16.4. The monoisotopic (exact) mass is 625 g/mol. The largest absolute Gasteiger partial charge is 0.481 e. The Balaban J connectivity index is 2.24.